The highest BCUT2D eigenvalue weighted by atomic mass is 35.5. The lowest BCUT2D eigenvalue weighted by atomic mass is 9.91. The Balaban J connectivity index is 0.00000161. The number of fused-ring (bicyclic) bond motifs is 1. The molecule has 0 bridgehead atoms. The molecule has 0 aliphatic carbocycles. The van der Waals surface area contributed by atoms with Crippen molar-refractivity contribution in [2.45, 2.75) is 44.2 Å². The molecule has 2 heterocycles. The molecule has 0 radical (unpaired) electrons. The fraction of sp³-hybridized carbons (Fsp3) is 0.562. The Morgan fingerprint density at radius 1 is 1.48 bits per heavy atom. The van der Waals surface area contributed by atoms with Gasteiger partial charge in [-0.1, -0.05) is 25.1 Å². The van der Waals surface area contributed by atoms with Crippen LogP contribution in [0.3, 0.4) is 0 Å². The van der Waals surface area contributed by atoms with Crippen molar-refractivity contribution >= 4 is 18.3 Å². The Morgan fingerprint density at radius 2 is 2.29 bits per heavy atom. The summed E-state index contributed by atoms with van der Waals surface area (Å²) in [6.45, 7) is 3.68. The average molecular weight is 311 g/mol. The molecule has 2 aliphatic rings. The van der Waals surface area contributed by atoms with Crippen molar-refractivity contribution < 1.29 is 9.53 Å². The lowest BCUT2D eigenvalue weighted by Gasteiger charge is -2.32. The number of amides is 1. The number of ether oxygens (including phenoxy) is 1. The van der Waals surface area contributed by atoms with Crippen LogP contribution < -0.4 is 15.4 Å². The van der Waals surface area contributed by atoms with E-state index in [0.717, 1.165) is 43.5 Å². The second-order valence-corrected chi connectivity index (χ2v) is 5.67. The molecular formula is C16H23ClN2O2. The lowest BCUT2D eigenvalue weighted by molar-refractivity contribution is -0.128. The second kappa shape index (κ2) is 6.67. The quantitative estimate of drug-likeness (QED) is 0.902. The number of rotatable bonds is 3. The monoisotopic (exact) mass is 310 g/mol. The maximum atomic E-state index is 12.7. The van der Waals surface area contributed by atoms with Gasteiger partial charge in [-0.2, -0.15) is 0 Å². The molecule has 21 heavy (non-hydrogen) atoms. The van der Waals surface area contributed by atoms with Crippen molar-refractivity contribution in [2.75, 3.05) is 13.2 Å². The van der Waals surface area contributed by atoms with Gasteiger partial charge in [0, 0.05) is 12.0 Å². The number of benzene rings is 1. The molecule has 0 saturated carbocycles. The molecule has 0 spiro atoms. The van der Waals surface area contributed by atoms with Crippen molar-refractivity contribution in [1.29, 1.82) is 0 Å². The molecule has 2 aliphatic heterocycles. The number of hydrogen-bond donors (Lipinski definition) is 2. The van der Waals surface area contributed by atoms with Gasteiger partial charge in [0.05, 0.1) is 18.2 Å². The zero-order chi connectivity index (χ0) is 14.0. The number of para-hydroxylation sites is 1. The molecule has 1 aromatic carbocycles. The molecule has 1 amide bonds. The predicted molar refractivity (Wildman–Crippen MR) is 84.9 cm³/mol. The van der Waals surface area contributed by atoms with Gasteiger partial charge in [0.15, 0.2) is 0 Å². The van der Waals surface area contributed by atoms with E-state index in [1.54, 1.807) is 0 Å². The Morgan fingerprint density at radius 3 is 3.00 bits per heavy atom. The van der Waals surface area contributed by atoms with Crippen LogP contribution in [0.4, 0.5) is 0 Å². The first-order chi connectivity index (χ1) is 9.75. The first-order valence-corrected chi connectivity index (χ1v) is 7.53. The van der Waals surface area contributed by atoms with Crippen LogP contribution in [-0.4, -0.2) is 24.6 Å². The Bertz CT molecular complexity index is 501. The van der Waals surface area contributed by atoms with Gasteiger partial charge in [-0.05, 0) is 31.9 Å². The molecular weight excluding hydrogens is 288 g/mol. The Hall–Kier alpha value is -1.26. The SMILES string of the molecule is CCC1(C(=O)NC2CCOc3ccccc32)CCCN1.Cl. The van der Waals surface area contributed by atoms with Gasteiger partial charge >= 0.3 is 0 Å². The average Bonchev–Trinajstić information content (AvgIpc) is 2.98. The van der Waals surface area contributed by atoms with Gasteiger partial charge in [-0.3, -0.25) is 4.79 Å². The minimum Gasteiger partial charge on any atom is -0.493 e. The maximum absolute atomic E-state index is 12.7. The van der Waals surface area contributed by atoms with Gasteiger partial charge in [-0.15, -0.1) is 12.4 Å². The highest BCUT2D eigenvalue weighted by Crippen LogP contribution is 2.32. The maximum Gasteiger partial charge on any atom is 0.240 e. The third-order valence-corrected chi connectivity index (χ3v) is 4.55. The zero-order valence-corrected chi connectivity index (χ0v) is 13.2. The standard InChI is InChI=1S/C16H22N2O2.ClH/c1-2-16(9-5-10-17-16)15(19)18-13-8-11-20-14-7-4-3-6-12(13)14;/h3-4,6-7,13,17H,2,5,8-11H2,1H3,(H,18,19);1H. The number of carbonyl (C=O) groups excluding carboxylic acids is 1. The summed E-state index contributed by atoms with van der Waals surface area (Å²) < 4.78 is 5.65. The molecule has 3 rings (SSSR count). The van der Waals surface area contributed by atoms with Gasteiger partial charge in [-0.25, -0.2) is 0 Å². The Labute approximate surface area is 132 Å². The molecule has 2 N–H and O–H groups in total. The molecule has 116 valence electrons. The number of hydrogen-bond acceptors (Lipinski definition) is 3. The van der Waals surface area contributed by atoms with Crippen molar-refractivity contribution in [3.63, 3.8) is 0 Å². The largest absolute Gasteiger partial charge is 0.493 e. The third kappa shape index (κ3) is 3.01. The summed E-state index contributed by atoms with van der Waals surface area (Å²) >= 11 is 0. The van der Waals surface area contributed by atoms with E-state index in [4.69, 9.17) is 4.74 Å². The minimum absolute atomic E-state index is 0. The number of nitrogens with one attached hydrogen (secondary N) is 2. The van der Waals surface area contributed by atoms with Crippen molar-refractivity contribution in [3.05, 3.63) is 29.8 Å². The van der Waals surface area contributed by atoms with Crippen LogP contribution in [0.25, 0.3) is 0 Å². The molecule has 0 aromatic heterocycles. The molecule has 5 heteroatoms. The molecule has 4 nitrogen and oxygen atoms in total. The van der Waals surface area contributed by atoms with E-state index in [1.165, 1.54) is 0 Å². The van der Waals surface area contributed by atoms with E-state index >= 15 is 0 Å². The van der Waals surface area contributed by atoms with Crippen LogP contribution in [0.15, 0.2) is 24.3 Å². The van der Waals surface area contributed by atoms with Crippen LogP contribution in [0.5, 0.6) is 5.75 Å². The van der Waals surface area contributed by atoms with E-state index < -0.39 is 0 Å². The third-order valence-electron chi connectivity index (χ3n) is 4.55. The molecule has 2 atom stereocenters. The van der Waals surface area contributed by atoms with Gasteiger partial charge < -0.3 is 15.4 Å². The fourth-order valence-corrected chi connectivity index (χ4v) is 3.25. The fourth-order valence-electron chi connectivity index (χ4n) is 3.25. The summed E-state index contributed by atoms with van der Waals surface area (Å²) in [4.78, 5) is 12.7. The van der Waals surface area contributed by atoms with Crippen LogP contribution in [0, 0.1) is 0 Å². The molecule has 1 saturated heterocycles. The van der Waals surface area contributed by atoms with Crippen LogP contribution in [-0.2, 0) is 4.79 Å². The van der Waals surface area contributed by atoms with Gasteiger partial charge in [0.1, 0.15) is 5.75 Å². The highest BCUT2D eigenvalue weighted by molar-refractivity contribution is 5.87. The van der Waals surface area contributed by atoms with E-state index in [9.17, 15) is 4.79 Å². The van der Waals surface area contributed by atoms with E-state index in [0.29, 0.717) is 6.61 Å². The van der Waals surface area contributed by atoms with Crippen LogP contribution in [0.1, 0.15) is 44.2 Å². The lowest BCUT2D eigenvalue weighted by Crippen LogP contribution is -2.54. The minimum atomic E-state index is -0.368. The van der Waals surface area contributed by atoms with E-state index in [2.05, 4.69) is 17.6 Å². The topological polar surface area (TPSA) is 50.4 Å². The Kier molecular flexibility index (Phi) is 5.12. The first kappa shape index (κ1) is 16.1. The van der Waals surface area contributed by atoms with Gasteiger partial charge in [0.25, 0.3) is 0 Å². The van der Waals surface area contributed by atoms with Gasteiger partial charge in [0.2, 0.25) is 5.91 Å². The van der Waals surface area contributed by atoms with Crippen molar-refractivity contribution in [2.24, 2.45) is 0 Å². The van der Waals surface area contributed by atoms with Crippen molar-refractivity contribution in [1.82, 2.24) is 10.6 Å². The smallest absolute Gasteiger partial charge is 0.240 e. The summed E-state index contributed by atoms with van der Waals surface area (Å²) in [5.41, 5.74) is 0.726. The molecule has 1 aromatic rings. The van der Waals surface area contributed by atoms with Crippen LogP contribution in [0.2, 0.25) is 0 Å². The highest BCUT2D eigenvalue weighted by Gasteiger charge is 2.40. The summed E-state index contributed by atoms with van der Waals surface area (Å²) in [6.07, 6.45) is 3.68. The molecule has 2 unspecified atom stereocenters. The van der Waals surface area contributed by atoms with E-state index in [1.807, 2.05) is 24.3 Å². The van der Waals surface area contributed by atoms with E-state index in [-0.39, 0.29) is 29.9 Å². The number of carbonyl (C=O) groups is 1. The summed E-state index contributed by atoms with van der Waals surface area (Å²) in [5.74, 6) is 1.04. The zero-order valence-electron chi connectivity index (χ0n) is 12.4. The second-order valence-electron chi connectivity index (χ2n) is 5.67. The normalized spacial score (nSPS) is 27.2. The summed E-state index contributed by atoms with van der Waals surface area (Å²) in [7, 11) is 0. The predicted octanol–water partition coefficient (Wildman–Crippen LogP) is 2.58. The summed E-state index contributed by atoms with van der Waals surface area (Å²) in [6, 6.07) is 8.04. The van der Waals surface area contributed by atoms with Crippen molar-refractivity contribution in [3.8, 4) is 5.75 Å². The number of halogens is 1. The first-order valence-electron chi connectivity index (χ1n) is 7.53. The summed E-state index contributed by atoms with van der Waals surface area (Å²) in [5, 5.41) is 6.62. The molecule has 1 fully saturated rings. The van der Waals surface area contributed by atoms with Crippen LogP contribution >= 0.6 is 12.4 Å².